The number of halogens is 1. The van der Waals surface area contributed by atoms with Crippen LogP contribution in [0.5, 0.6) is 0 Å². The van der Waals surface area contributed by atoms with Gasteiger partial charge in [0.25, 0.3) is 0 Å². The van der Waals surface area contributed by atoms with Crippen molar-refractivity contribution in [2.75, 3.05) is 17.8 Å². The zero-order valence-electron chi connectivity index (χ0n) is 7.36. The molecule has 0 saturated carbocycles. The van der Waals surface area contributed by atoms with Crippen molar-refractivity contribution >= 4 is 44.6 Å². The summed E-state index contributed by atoms with van der Waals surface area (Å²) in [6.45, 7) is 0.493. The standard InChI is InChI=1S/C8H9BrNO3S/c9-4-13-8(12)5-2-10-6(11)1-7(10)14-3-5/h5H,1-4H2/q+1. The van der Waals surface area contributed by atoms with Crippen LogP contribution < -0.4 is 0 Å². The fourth-order valence-corrected chi connectivity index (χ4v) is 2.90. The third-order valence-corrected chi connectivity index (χ3v) is 3.78. The molecule has 0 aromatic heterocycles. The quantitative estimate of drug-likeness (QED) is 0.421. The lowest BCUT2D eigenvalue weighted by Crippen LogP contribution is -2.47. The average molecular weight is 279 g/mol. The minimum Gasteiger partial charge on any atom is -0.454 e. The number of nitrogens with zero attached hydrogens (tertiary/aromatic N) is 1. The fraction of sp³-hybridized carbons (Fsp3) is 0.625. The van der Waals surface area contributed by atoms with Crippen LogP contribution in [0.3, 0.4) is 0 Å². The molecule has 76 valence electrons. The Morgan fingerprint density at radius 1 is 1.71 bits per heavy atom. The minimum absolute atomic E-state index is 0.115. The number of amides is 1. The molecule has 1 atom stereocenters. The topological polar surface area (TPSA) is 46.4 Å². The van der Waals surface area contributed by atoms with Crippen molar-refractivity contribution in [3.63, 3.8) is 0 Å². The van der Waals surface area contributed by atoms with Gasteiger partial charge in [-0.3, -0.25) is 4.79 Å². The molecule has 2 aliphatic rings. The highest BCUT2D eigenvalue weighted by Crippen LogP contribution is 2.26. The Hall–Kier alpha value is -0.360. The second kappa shape index (κ2) is 4.02. The molecule has 6 heteroatoms. The summed E-state index contributed by atoms with van der Waals surface area (Å²) in [6.07, 6.45) is 0.547. The van der Waals surface area contributed by atoms with Crippen molar-refractivity contribution in [1.29, 1.82) is 0 Å². The molecule has 2 aliphatic heterocycles. The van der Waals surface area contributed by atoms with Crippen LogP contribution >= 0.6 is 27.7 Å². The van der Waals surface area contributed by atoms with Crippen molar-refractivity contribution in [2.24, 2.45) is 5.92 Å². The number of rotatable bonds is 2. The van der Waals surface area contributed by atoms with Crippen LogP contribution in [-0.2, 0) is 14.3 Å². The van der Waals surface area contributed by atoms with Crippen LogP contribution in [0.25, 0.3) is 0 Å². The van der Waals surface area contributed by atoms with Crippen LogP contribution in [0.15, 0.2) is 0 Å². The van der Waals surface area contributed by atoms with Crippen LogP contribution in [0.1, 0.15) is 6.42 Å². The van der Waals surface area contributed by atoms with E-state index in [1.165, 1.54) is 0 Å². The normalized spacial score (nSPS) is 25.5. The van der Waals surface area contributed by atoms with Gasteiger partial charge in [-0.1, -0.05) is 11.8 Å². The Morgan fingerprint density at radius 3 is 3.14 bits per heavy atom. The summed E-state index contributed by atoms with van der Waals surface area (Å²) in [5, 5.41) is 1.10. The summed E-state index contributed by atoms with van der Waals surface area (Å²) >= 11 is 4.62. The monoisotopic (exact) mass is 278 g/mol. The van der Waals surface area contributed by atoms with Crippen LogP contribution in [0.2, 0.25) is 0 Å². The molecule has 0 spiro atoms. The molecule has 0 bridgehead atoms. The number of thioether (sulfide) groups is 1. The average Bonchev–Trinajstić information content (AvgIpc) is 2.17. The first-order valence-electron chi connectivity index (χ1n) is 4.24. The molecule has 0 radical (unpaired) electrons. The lowest BCUT2D eigenvalue weighted by molar-refractivity contribution is -0.469. The molecular weight excluding hydrogens is 270 g/mol. The molecule has 4 nitrogen and oxygen atoms in total. The highest BCUT2D eigenvalue weighted by Gasteiger charge is 2.45. The molecule has 1 amide bonds. The largest absolute Gasteiger partial charge is 0.454 e. The molecule has 1 unspecified atom stereocenters. The van der Waals surface area contributed by atoms with E-state index in [4.69, 9.17) is 4.74 Å². The third-order valence-electron chi connectivity index (χ3n) is 2.29. The molecule has 0 aromatic carbocycles. The summed E-state index contributed by atoms with van der Waals surface area (Å²) < 4.78 is 6.52. The molecule has 2 rings (SSSR count). The maximum atomic E-state index is 11.4. The fourth-order valence-electron chi connectivity index (χ4n) is 1.48. The van der Waals surface area contributed by atoms with E-state index in [1.807, 2.05) is 0 Å². The summed E-state index contributed by atoms with van der Waals surface area (Å²) in [7, 11) is 0. The maximum absolute atomic E-state index is 11.4. The number of carbonyl (C=O) groups is 2. The van der Waals surface area contributed by atoms with E-state index in [1.54, 1.807) is 16.3 Å². The van der Waals surface area contributed by atoms with Gasteiger partial charge in [0, 0.05) is 5.75 Å². The van der Waals surface area contributed by atoms with Gasteiger partial charge in [-0.25, -0.2) is 4.79 Å². The maximum Gasteiger partial charge on any atom is 0.398 e. The van der Waals surface area contributed by atoms with Gasteiger partial charge in [0.2, 0.25) is 5.04 Å². The Morgan fingerprint density at radius 2 is 2.50 bits per heavy atom. The summed E-state index contributed by atoms with van der Waals surface area (Å²) in [4.78, 5) is 22.5. The summed E-state index contributed by atoms with van der Waals surface area (Å²) in [6, 6.07) is 0. The van der Waals surface area contributed by atoms with Crippen molar-refractivity contribution in [3.05, 3.63) is 0 Å². The van der Waals surface area contributed by atoms with E-state index < -0.39 is 0 Å². The molecule has 0 saturated heterocycles. The van der Waals surface area contributed by atoms with Gasteiger partial charge < -0.3 is 4.74 Å². The van der Waals surface area contributed by atoms with Gasteiger partial charge in [-0.05, 0) is 15.9 Å². The van der Waals surface area contributed by atoms with E-state index >= 15 is 0 Å². The summed E-state index contributed by atoms with van der Waals surface area (Å²) in [5.41, 5.74) is 0.220. The lowest BCUT2D eigenvalue weighted by Gasteiger charge is -2.23. The van der Waals surface area contributed by atoms with E-state index in [0.717, 1.165) is 10.8 Å². The Bertz CT molecular complexity index is 329. The van der Waals surface area contributed by atoms with Gasteiger partial charge in [0.05, 0.1) is 0 Å². The number of esters is 1. The first-order chi connectivity index (χ1) is 6.72. The number of ether oxygens (including phenoxy) is 1. The second-order valence-electron chi connectivity index (χ2n) is 3.16. The molecular formula is C8H9BrNO3S+. The number of alkyl halides is 1. The predicted octanol–water partition coefficient (Wildman–Crippen LogP) is 0.586. The number of hydrogen-bond acceptors (Lipinski definition) is 4. The number of hydrogen-bond donors (Lipinski definition) is 0. The van der Waals surface area contributed by atoms with Crippen molar-refractivity contribution < 1.29 is 18.9 Å². The zero-order valence-corrected chi connectivity index (χ0v) is 9.77. The van der Waals surface area contributed by atoms with Crippen LogP contribution in [0, 0.1) is 5.92 Å². The van der Waals surface area contributed by atoms with Crippen LogP contribution in [0.4, 0.5) is 0 Å². The van der Waals surface area contributed by atoms with E-state index in [0.29, 0.717) is 13.0 Å². The smallest absolute Gasteiger partial charge is 0.398 e. The second-order valence-corrected chi connectivity index (χ2v) is 4.71. The first kappa shape index (κ1) is 10.2. The number of carbonyl (C=O) groups excluding carboxylic acids is 2. The van der Waals surface area contributed by atoms with Gasteiger partial charge in [-0.15, -0.1) is 0 Å². The highest BCUT2D eigenvalue weighted by molar-refractivity contribution is 9.09. The lowest BCUT2D eigenvalue weighted by atomic mass is 10.1. The minimum atomic E-state index is -0.229. The van der Waals surface area contributed by atoms with Crippen molar-refractivity contribution in [1.82, 2.24) is 0 Å². The van der Waals surface area contributed by atoms with Crippen molar-refractivity contribution in [3.8, 4) is 0 Å². The van der Waals surface area contributed by atoms with E-state index in [2.05, 4.69) is 15.9 Å². The van der Waals surface area contributed by atoms with Crippen molar-refractivity contribution in [2.45, 2.75) is 6.42 Å². The van der Waals surface area contributed by atoms with E-state index in [9.17, 15) is 9.59 Å². The molecule has 0 aliphatic carbocycles. The first-order valence-corrected chi connectivity index (χ1v) is 6.34. The highest BCUT2D eigenvalue weighted by atomic mass is 79.9. The molecule has 14 heavy (non-hydrogen) atoms. The van der Waals surface area contributed by atoms with Gasteiger partial charge >= 0.3 is 11.9 Å². The Labute approximate surface area is 93.8 Å². The molecule has 0 N–H and O–H groups in total. The van der Waals surface area contributed by atoms with E-state index in [-0.39, 0.29) is 23.3 Å². The third kappa shape index (κ3) is 1.72. The molecule has 0 aromatic rings. The zero-order chi connectivity index (χ0) is 10.1. The SMILES string of the molecule is O=C(OCBr)C1CSC2=[N+](C1)C(=O)C2. The predicted molar refractivity (Wildman–Crippen MR) is 55.6 cm³/mol. The van der Waals surface area contributed by atoms with Crippen LogP contribution in [-0.4, -0.2) is 39.3 Å². The molecule has 2 heterocycles. The summed E-state index contributed by atoms with van der Waals surface area (Å²) in [5.74, 6) is 0.438. The van der Waals surface area contributed by atoms with Gasteiger partial charge in [-0.2, -0.15) is 4.58 Å². The molecule has 0 fully saturated rings. The Balaban J connectivity index is 2.00. The van der Waals surface area contributed by atoms with Gasteiger partial charge in [0.15, 0.2) is 13.0 Å². The Kier molecular flexibility index (Phi) is 2.92. The van der Waals surface area contributed by atoms with Gasteiger partial charge in [0.1, 0.15) is 11.4 Å².